The van der Waals surface area contributed by atoms with E-state index in [1.807, 2.05) is 6.07 Å². The van der Waals surface area contributed by atoms with Crippen molar-refractivity contribution in [2.75, 3.05) is 25.0 Å². The lowest BCUT2D eigenvalue weighted by atomic mass is 9.93. The molecule has 0 atom stereocenters. The molecule has 0 aliphatic rings. The Kier molecular flexibility index (Phi) is 3.35. The average Bonchev–Trinajstić information content (AvgIpc) is 2.72. The van der Waals surface area contributed by atoms with Gasteiger partial charge < -0.3 is 10.6 Å². The highest BCUT2D eigenvalue weighted by Gasteiger charge is 2.20. The van der Waals surface area contributed by atoms with E-state index >= 15 is 0 Å². The summed E-state index contributed by atoms with van der Waals surface area (Å²) in [7, 11) is 2.11. The molecule has 0 fully saturated rings. The van der Waals surface area contributed by atoms with Crippen LogP contribution in [-0.2, 0) is 0 Å². The third-order valence-electron chi connectivity index (χ3n) is 2.93. The van der Waals surface area contributed by atoms with Crippen LogP contribution in [0.15, 0.2) is 24.3 Å². The second-order valence-electron chi connectivity index (χ2n) is 5.23. The Morgan fingerprint density at radius 1 is 1.35 bits per heavy atom. The molecule has 0 amide bonds. The summed E-state index contributed by atoms with van der Waals surface area (Å²) in [6, 6.07) is 8.26. The van der Waals surface area contributed by atoms with Crippen molar-refractivity contribution in [2.45, 2.75) is 13.8 Å². The summed E-state index contributed by atoms with van der Waals surface area (Å²) < 4.78 is 4.46. The van der Waals surface area contributed by atoms with Gasteiger partial charge in [-0.05, 0) is 35.6 Å². The van der Waals surface area contributed by atoms with Gasteiger partial charge in [0.2, 0.25) is 0 Å². The molecule has 1 aromatic heterocycles. The zero-order valence-corrected chi connectivity index (χ0v) is 11.4. The molecule has 0 radical (unpaired) electrons. The summed E-state index contributed by atoms with van der Waals surface area (Å²) in [6.45, 7) is 6.00. The van der Waals surface area contributed by atoms with Crippen LogP contribution in [0.2, 0.25) is 0 Å². The maximum atomic E-state index is 5.78. The Bertz CT molecular complexity index is 504. The van der Waals surface area contributed by atoms with Gasteiger partial charge in [0.05, 0.1) is 5.52 Å². The molecule has 17 heavy (non-hydrogen) atoms. The molecule has 2 aromatic rings. The molecule has 0 unspecified atom stereocenters. The van der Waals surface area contributed by atoms with Crippen LogP contribution in [0.4, 0.5) is 5.00 Å². The first-order valence-electron chi connectivity index (χ1n) is 5.79. The molecule has 0 spiro atoms. The molecule has 0 saturated heterocycles. The fourth-order valence-electron chi connectivity index (χ4n) is 1.93. The fourth-order valence-corrected chi connectivity index (χ4v) is 2.75. The molecule has 4 heteroatoms. The Hall–Kier alpha value is -1.13. The van der Waals surface area contributed by atoms with Crippen LogP contribution in [0.1, 0.15) is 13.8 Å². The number of fused-ring (bicyclic) bond motifs is 1. The maximum absolute atomic E-state index is 5.78. The SMILES string of the molecule is CN(CC(C)(C)CN)c1snc2ccccc12. The lowest BCUT2D eigenvalue weighted by molar-refractivity contribution is 0.386. The Morgan fingerprint density at radius 3 is 2.76 bits per heavy atom. The number of aromatic nitrogens is 1. The van der Waals surface area contributed by atoms with Crippen molar-refractivity contribution >= 4 is 27.4 Å². The quantitative estimate of drug-likeness (QED) is 0.906. The minimum Gasteiger partial charge on any atom is -0.364 e. The van der Waals surface area contributed by atoms with E-state index in [4.69, 9.17) is 5.73 Å². The number of hydrogen-bond acceptors (Lipinski definition) is 4. The van der Waals surface area contributed by atoms with Crippen molar-refractivity contribution < 1.29 is 0 Å². The zero-order valence-electron chi connectivity index (χ0n) is 10.6. The first kappa shape index (κ1) is 12.3. The van der Waals surface area contributed by atoms with Gasteiger partial charge in [-0.15, -0.1) is 0 Å². The van der Waals surface area contributed by atoms with Crippen molar-refractivity contribution in [3.8, 4) is 0 Å². The molecule has 0 aliphatic heterocycles. The van der Waals surface area contributed by atoms with E-state index in [2.05, 4.69) is 48.4 Å². The summed E-state index contributed by atoms with van der Waals surface area (Å²) in [5.74, 6) is 0. The minimum absolute atomic E-state index is 0.125. The summed E-state index contributed by atoms with van der Waals surface area (Å²) in [4.78, 5) is 2.26. The minimum atomic E-state index is 0.125. The van der Waals surface area contributed by atoms with E-state index in [1.165, 1.54) is 10.4 Å². The predicted octanol–water partition coefficient (Wildman–Crippen LogP) is 2.72. The van der Waals surface area contributed by atoms with Crippen LogP contribution in [0, 0.1) is 5.41 Å². The lowest BCUT2D eigenvalue weighted by Gasteiger charge is -2.29. The van der Waals surface area contributed by atoms with Gasteiger partial charge in [0, 0.05) is 19.0 Å². The van der Waals surface area contributed by atoms with Crippen molar-refractivity contribution in [3.63, 3.8) is 0 Å². The first-order valence-corrected chi connectivity index (χ1v) is 6.56. The largest absolute Gasteiger partial charge is 0.364 e. The highest BCUT2D eigenvalue weighted by Crippen LogP contribution is 2.31. The standard InChI is InChI=1S/C13H19N3S/c1-13(2,8-14)9-16(3)12-10-6-4-5-7-11(10)15-17-12/h4-7H,8-9,14H2,1-3H3. The molecule has 0 aliphatic carbocycles. The van der Waals surface area contributed by atoms with Gasteiger partial charge in [-0.3, -0.25) is 0 Å². The zero-order chi connectivity index (χ0) is 12.5. The highest BCUT2D eigenvalue weighted by molar-refractivity contribution is 7.11. The smallest absolute Gasteiger partial charge is 0.119 e. The molecule has 1 heterocycles. The van der Waals surface area contributed by atoms with Crippen LogP contribution in [0.25, 0.3) is 10.9 Å². The Balaban J connectivity index is 2.28. The number of nitrogens with two attached hydrogens (primary N) is 1. The number of rotatable bonds is 4. The van der Waals surface area contributed by atoms with Gasteiger partial charge in [0.15, 0.2) is 0 Å². The molecular formula is C13H19N3S. The summed E-state index contributed by atoms with van der Waals surface area (Å²) in [6.07, 6.45) is 0. The van der Waals surface area contributed by atoms with Crippen LogP contribution in [-0.4, -0.2) is 24.5 Å². The first-order chi connectivity index (χ1) is 8.03. The van der Waals surface area contributed by atoms with Gasteiger partial charge in [-0.25, -0.2) is 0 Å². The molecular weight excluding hydrogens is 230 g/mol. The fraction of sp³-hybridized carbons (Fsp3) is 0.462. The van der Waals surface area contributed by atoms with Crippen LogP contribution < -0.4 is 10.6 Å². The van der Waals surface area contributed by atoms with E-state index in [-0.39, 0.29) is 5.41 Å². The summed E-state index contributed by atoms with van der Waals surface area (Å²) in [5.41, 5.74) is 6.98. The van der Waals surface area contributed by atoms with Gasteiger partial charge in [-0.2, -0.15) is 4.37 Å². The molecule has 1 aromatic carbocycles. The second-order valence-corrected chi connectivity index (χ2v) is 5.98. The number of hydrogen-bond donors (Lipinski definition) is 1. The van der Waals surface area contributed by atoms with Crippen molar-refractivity contribution in [3.05, 3.63) is 24.3 Å². The number of benzene rings is 1. The summed E-state index contributed by atoms with van der Waals surface area (Å²) >= 11 is 1.56. The third-order valence-corrected chi connectivity index (χ3v) is 3.92. The van der Waals surface area contributed by atoms with Crippen molar-refractivity contribution in [1.82, 2.24) is 4.37 Å². The second kappa shape index (κ2) is 4.63. The topological polar surface area (TPSA) is 42.1 Å². The molecule has 92 valence electrons. The van der Waals surface area contributed by atoms with Crippen LogP contribution in [0.5, 0.6) is 0 Å². The van der Waals surface area contributed by atoms with Crippen molar-refractivity contribution in [1.29, 1.82) is 0 Å². The average molecular weight is 249 g/mol. The monoisotopic (exact) mass is 249 g/mol. The predicted molar refractivity (Wildman–Crippen MR) is 75.7 cm³/mol. The van der Waals surface area contributed by atoms with Crippen molar-refractivity contribution in [2.24, 2.45) is 11.1 Å². The van der Waals surface area contributed by atoms with E-state index < -0.39 is 0 Å². The number of nitrogens with zero attached hydrogens (tertiary/aromatic N) is 2. The Morgan fingerprint density at radius 2 is 2.06 bits per heavy atom. The van der Waals surface area contributed by atoms with Gasteiger partial charge in [-0.1, -0.05) is 26.0 Å². The molecule has 2 N–H and O–H groups in total. The summed E-state index contributed by atoms with van der Waals surface area (Å²) in [5, 5.41) is 2.45. The van der Waals surface area contributed by atoms with Gasteiger partial charge in [0.25, 0.3) is 0 Å². The molecule has 0 bridgehead atoms. The van der Waals surface area contributed by atoms with Crippen LogP contribution in [0.3, 0.4) is 0 Å². The van der Waals surface area contributed by atoms with E-state index in [9.17, 15) is 0 Å². The van der Waals surface area contributed by atoms with Gasteiger partial charge >= 0.3 is 0 Å². The van der Waals surface area contributed by atoms with Crippen LogP contribution >= 0.6 is 11.5 Å². The highest BCUT2D eigenvalue weighted by atomic mass is 32.1. The van der Waals surface area contributed by atoms with E-state index in [1.54, 1.807) is 11.5 Å². The third kappa shape index (κ3) is 2.58. The van der Waals surface area contributed by atoms with Gasteiger partial charge in [0.1, 0.15) is 5.00 Å². The Labute approximate surface area is 106 Å². The molecule has 0 saturated carbocycles. The lowest BCUT2D eigenvalue weighted by Crippen LogP contribution is -2.36. The molecule has 3 nitrogen and oxygen atoms in total. The normalized spacial score (nSPS) is 12.0. The number of anilines is 1. The molecule has 2 rings (SSSR count). The maximum Gasteiger partial charge on any atom is 0.119 e. The van der Waals surface area contributed by atoms with E-state index in [0.29, 0.717) is 6.54 Å². The van der Waals surface area contributed by atoms with E-state index in [0.717, 1.165) is 12.1 Å².